The van der Waals surface area contributed by atoms with Crippen LogP contribution in [0.15, 0.2) is 54.9 Å². The summed E-state index contributed by atoms with van der Waals surface area (Å²) in [5.74, 6) is 0. The van der Waals surface area contributed by atoms with Gasteiger partial charge in [-0.05, 0) is 17.2 Å². The highest BCUT2D eigenvalue weighted by atomic mass is 16.3. The molecule has 17 heavy (non-hydrogen) atoms. The summed E-state index contributed by atoms with van der Waals surface area (Å²) >= 11 is 0. The summed E-state index contributed by atoms with van der Waals surface area (Å²) < 4.78 is 0. The van der Waals surface area contributed by atoms with E-state index in [1.54, 1.807) is 12.4 Å². The number of aliphatic hydroxyl groups is 1. The molecule has 0 bridgehead atoms. The van der Waals surface area contributed by atoms with E-state index in [0.29, 0.717) is 0 Å². The summed E-state index contributed by atoms with van der Waals surface area (Å²) in [6.45, 7) is 0.805. The van der Waals surface area contributed by atoms with Crippen LogP contribution in [0.4, 0.5) is 0 Å². The van der Waals surface area contributed by atoms with Crippen molar-refractivity contribution in [2.45, 2.75) is 12.6 Å². The Morgan fingerprint density at radius 1 is 1.12 bits per heavy atom. The van der Waals surface area contributed by atoms with Crippen molar-refractivity contribution >= 4 is 0 Å². The Labute approximate surface area is 101 Å². The molecular weight excluding hydrogens is 212 g/mol. The molecule has 2 aromatic rings. The average Bonchev–Trinajstić information content (AvgIpc) is 2.42. The average molecular weight is 228 g/mol. The van der Waals surface area contributed by atoms with Gasteiger partial charge in [-0.1, -0.05) is 36.4 Å². The van der Waals surface area contributed by atoms with Gasteiger partial charge in [-0.3, -0.25) is 4.98 Å². The Morgan fingerprint density at radius 3 is 2.59 bits per heavy atom. The van der Waals surface area contributed by atoms with E-state index in [0.717, 1.165) is 12.1 Å². The molecular formula is C14H16N2O. The first-order valence-corrected chi connectivity index (χ1v) is 5.68. The van der Waals surface area contributed by atoms with Gasteiger partial charge in [0.15, 0.2) is 0 Å². The Kier molecular flexibility index (Phi) is 4.24. The van der Waals surface area contributed by atoms with Gasteiger partial charge in [-0.15, -0.1) is 0 Å². The second kappa shape index (κ2) is 6.13. The van der Waals surface area contributed by atoms with Crippen molar-refractivity contribution in [2.24, 2.45) is 0 Å². The topological polar surface area (TPSA) is 45.1 Å². The number of rotatable bonds is 5. The van der Waals surface area contributed by atoms with Gasteiger partial charge in [0.25, 0.3) is 0 Å². The molecule has 2 N–H and O–H groups in total. The highest BCUT2D eigenvalue weighted by molar-refractivity contribution is 5.17. The fraction of sp³-hybridized carbons (Fsp3) is 0.214. The number of hydrogen-bond donors (Lipinski definition) is 2. The van der Waals surface area contributed by atoms with Crippen LogP contribution in [0.1, 0.15) is 17.2 Å². The number of hydrogen-bond acceptors (Lipinski definition) is 3. The Hall–Kier alpha value is -1.71. The number of nitrogens with zero attached hydrogens (tertiary/aromatic N) is 1. The molecule has 1 heterocycles. The minimum Gasteiger partial charge on any atom is -0.394 e. The van der Waals surface area contributed by atoms with Crippen molar-refractivity contribution in [2.75, 3.05) is 6.61 Å². The van der Waals surface area contributed by atoms with Gasteiger partial charge in [0.2, 0.25) is 0 Å². The zero-order valence-electron chi connectivity index (χ0n) is 9.58. The van der Waals surface area contributed by atoms with Gasteiger partial charge in [0.05, 0.1) is 12.6 Å². The van der Waals surface area contributed by atoms with E-state index in [9.17, 15) is 5.11 Å². The maximum absolute atomic E-state index is 9.37. The predicted molar refractivity (Wildman–Crippen MR) is 67.3 cm³/mol. The maximum atomic E-state index is 9.37. The highest BCUT2D eigenvalue weighted by Gasteiger charge is 2.08. The Morgan fingerprint density at radius 2 is 1.94 bits per heavy atom. The third-order valence-corrected chi connectivity index (χ3v) is 2.66. The quantitative estimate of drug-likeness (QED) is 0.821. The van der Waals surface area contributed by atoms with E-state index in [2.05, 4.69) is 22.4 Å². The standard InChI is InChI=1S/C14H16N2O/c17-11-14(13-7-4-8-15-10-13)16-9-12-5-2-1-3-6-12/h1-8,10,14,16-17H,9,11H2/t14-/m1/s1. The number of aromatic nitrogens is 1. The molecule has 1 aromatic carbocycles. The third-order valence-electron chi connectivity index (χ3n) is 2.66. The summed E-state index contributed by atoms with van der Waals surface area (Å²) in [6, 6.07) is 13.9. The second-order valence-electron chi connectivity index (χ2n) is 3.89. The van der Waals surface area contributed by atoms with Crippen molar-refractivity contribution in [3.05, 3.63) is 66.0 Å². The molecule has 3 nitrogen and oxygen atoms in total. The first-order chi connectivity index (χ1) is 8.40. The molecule has 0 amide bonds. The third kappa shape index (κ3) is 3.37. The van der Waals surface area contributed by atoms with Gasteiger partial charge in [-0.25, -0.2) is 0 Å². The minimum atomic E-state index is -0.0658. The lowest BCUT2D eigenvalue weighted by atomic mass is 10.1. The molecule has 3 heteroatoms. The predicted octanol–water partition coefficient (Wildman–Crippen LogP) is 1.90. The lowest BCUT2D eigenvalue weighted by Crippen LogP contribution is -2.24. The zero-order chi connectivity index (χ0) is 11.9. The van der Waals surface area contributed by atoms with E-state index in [1.165, 1.54) is 5.56 Å². The van der Waals surface area contributed by atoms with Gasteiger partial charge in [0, 0.05) is 18.9 Å². The summed E-state index contributed by atoms with van der Waals surface area (Å²) in [7, 11) is 0. The van der Waals surface area contributed by atoms with Crippen molar-refractivity contribution in [1.82, 2.24) is 10.3 Å². The largest absolute Gasteiger partial charge is 0.394 e. The van der Waals surface area contributed by atoms with E-state index < -0.39 is 0 Å². The first kappa shape index (κ1) is 11.8. The molecule has 1 aromatic heterocycles. The SMILES string of the molecule is OC[C@@H](NCc1ccccc1)c1cccnc1. The molecule has 0 aliphatic carbocycles. The van der Waals surface area contributed by atoms with Crippen LogP contribution in [0.2, 0.25) is 0 Å². The summed E-state index contributed by atoms with van der Waals surface area (Å²) in [5.41, 5.74) is 2.21. The van der Waals surface area contributed by atoms with Crippen LogP contribution in [0.3, 0.4) is 0 Å². The van der Waals surface area contributed by atoms with Gasteiger partial charge < -0.3 is 10.4 Å². The number of benzene rings is 1. The molecule has 0 aliphatic rings. The van der Waals surface area contributed by atoms with E-state index in [1.807, 2.05) is 30.3 Å². The van der Waals surface area contributed by atoms with Crippen LogP contribution in [0.5, 0.6) is 0 Å². The fourth-order valence-electron chi connectivity index (χ4n) is 1.71. The van der Waals surface area contributed by atoms with Crippen molar-refractivity contribution in [3.8, 4) is 0 Å². The normalized spacial score (nSPS) is 12.3. The van der Waals surface area contributed by atoms with Gasteiger partial charge >= 0.3 is 0 Å². The van der Waals surface area contributed by atoms with E-state index >= 15 is 0 Å². The maximum Gasteiger partial charge on any atom is 0.0627 e. The summed E-state index contributed by atoms with van der Waals surface area (Å²) in [6.07, 6.45) is 3.51. The van der Waals surface area contributed by atoms with Crippen molar-refractivity contribution < 1.29 is 5.11 Å². The monoisotopic (exact) mass is 228 g/mol. The molecule has 0 spiro atoms. The second-order valence-corrected chi connectivity index (χ2v) is 3.89. The van der Waals surface area contributed by atoms with E-state index in [-0.39, 0.29) is 12.6 Å². The molecule has 0 unspecified atom stereocenters. The highest BCUT2D eigenvalue weighted by Crippen LogP contribution is 2.11. The molecule has 0 saturated carbocycles. The first-order valence-electron chi connectivity index (χ1n) is 5.68. The Bertz CT molecular complexity index is 430. The minimum absolute atomic E-state index is 0.0658. The van der Waals surface area contributed by atoms with Crippen molar-refractivity contribution in [3.63, 3.8) is 0 Å². The van der Waals surface area contributed by atoms with Crippen LogP contribution in [-0.4, -0.2) is 16.7 Å². The summed E-state index contributed by atoms with van der Waals surface area (Å²) in [4.78, 5) is 4.06. The van der Waals surface area contributed by atoms with Crippen LogP contribution in [0.25, 0.3) is 0 Å². The number of aliphatic hydroxyl groups excluding tert-OH is 1. The molecule has 0 fully saturated rings. The lowest BCUT2D eigenvalue weighted by molar-refractivity contribution is 0.243. The van der Waals surface area contributed by atoms with Crippen LogP contribution >= 0.6 is 0 Å². The number of nitrogens with one attached hydrogen (secondary N) is 1. The van der Waals surface area contributed by atoms with Crippen LogP contribution in [0, 0.1) is 0 Å². The number of pyridine rings is 1. The molecule has 0 saturated heterocycles. The molecule has 0 aliphatic heterocycles. The van der Waals surface area contributed by atoms with Gasteiger partial charge in [-0.2, -0.15) is 0 Å². The molecule has 2 rings (SSSR count). The van der Waals surface area contributed by atoms with Crippen LogP contribution in [-0.2, 0) is 6.54 Å². The zero-order valence-corrected chi connectivity index (χ0v) is 9.58. The van der Waals surface area contributed by atoms with Crippen molar-refractivity contribution in [1.29, 1.82) is 0 Å². The molecule has 0 radical (unpaired) electrons. The summed E-state index contributed by atoms with van der Waals surface area (Å²) in [5, 5.41) is 12.7. The van der Waals surface area contributed by atoms with Crippen LogP contribution < -0.4 is 5.32 Å². The molecule has 1 atom stereocenters. The van der Waals surface area contributed by atoms with Gasteiger partial charge in [0.1, 0.15) is 0 Å². The fourth-order valence-corrected chi connectivity index (χ4v) is 1.71. The van der Waals surface area contributed by atoms with E-state index in [4.69, 9.17) is 0 Å². The lowest BCUT2D eigenvalue weighted by Gasteiger charge is -2.16. The molecule has 88 valence electrons. The smallest absolute Gasteiger partial charge is 0.0627 e. The Balaban J connectivity index is 1.97.